The predicted octanol–water partition coefficient (Wildman–Crippen LogP) is 2.84. The lowest BCUT2D eigenvalue weighted by Gasteiger charge is -1.94. The van der Waals surface area contributed by atoms with Crippen LogP contribution in [0, 0.1) is 17.1 Å². The largest absolute Gasteiger partial charge is 0.264 e. The second-order valence-corrected chi connectivity index (χ2v) is 6.51. The molecule has 7 heteroatoms. The standard InChI is InChI=1S/C9H3ClFNO2S2/c10-16(13,14)9-6-2-1-5(11)3-7(6)15-8(9)4-12/h1-3H. The SMILES string of the molecule is N#Cc1sc2cc(F)ccc2c1S(=O)(=O)Cl. The highest BCUT2D eigenvalue weighted by atomic mass is 35.7. The molecular formula is C9H3ClFNO2S2. The molecule has 0 aliphatic rings. The second-order valence-electron chi connectivity index (χ2n) is 2.95. The van der Waals surface area contributed by atoms with Gasteiger partial charge in [-0.2, -0.15) is 5.26 Å². The number of nitrogens with zero attached hydrogens (tertiary/aromatic N) is 1. The molecule has 0 N–H and O–H groups in total. The summed E-state index contributed by atoms with van der Waals surface area (Å²) in [4.78, 5) is -0.271. The Hall–Kier alpha value is -1.16. The molecule has 0 amide bonds. The van der Waals surface area contributed by atoms with Gasteiger partial charge >= 0.3 is 0 Å². The van der Waals surface area contributed by atoms with Crippen LogP contribution in [0.3, 0.4) is 0 Å². The average Bonchev–Trinajstić information content (AvgIpc) is 2.54. The Bertz CT molecular complexity index is 715. The maximum atomic E-state index is 12.9. The summed E-state index contributed by atoms with van der Waals surface area (Å²) < 4.78 is 35.9. The van der Waals surface area contributed by atoms with Crippen molar-refractivity contribution in [3.63, 3.8) is 0 Å². The van der Waals surface area contributed by atoms with E-state index in [9.17, 15) is 12.8 Å². The lowest BCUT2D eigenvalue weighted by Crippen LogP contribution is -1.91. The topological polar surface area (TPSA) is 57.9 Å². The number of benzene rings is 1. The fourth-order valence-electron chi connectivity index (χ4n) is 1.36. The average molecular weight is 276 g/mol. The molecule has 1 heterocycles. The minimum Gasteiger partial charge on any atom is -0.207 e. The van der Waals surface area contributed by atoms with Crippen LogP contribution in [0.5, 0.6) is 0 Å². The molecule has 0 atom stereocenters. The van der Waals surface area contributed by atoms with Gasteiger partial charge in [0.1, 0.15) is 21.7 Å². The minimum absolute atomic E-state index is 0.0319. The van der Waals surface area contributed by atoms with Crippen molar-refractivity contribution in [3.8, 4) is 6.07 Å². The quantitative estimate of drug-likeness (QED) is 0.752. The molecule has 82 valence electrons. The van der Waals surface area contributed by atoms with E-state index >= 15 is 0 Å². The van der Waals surface area contributed by atoms with E-state index in [-0.39, 0.29) is 15.2 Å². The van der Waals surface area contributed by atoms with Crippen LogP contribution in [0.2, 0.25) is 0 Å². The van der Waals surface area contributed by atoms with Gasteiger partial charge in [0, 0.05) is 20.8 Å². The second kappa shape index (κ2) is 3.70. The van der Waals surface area contributed by atoms with E-state index in [1.54, 1.807) is 6.07 Å². The highest BCUT2D eigenvalue weighted by Crippen LogP contribution is 2.36. The number of hydrogen-bond acceptors (Lipinski definition) is 4. The lowest BCUT2D eigenvalue weighted by atomic mass is 10.2. The van der Waals surface area contributed by atoms with Crippen molar-refractivity contribution in [3.05, 3.63) is 28.9 Å². The molecule has 1 aromatic carbocycles. The number of hydrogen-bond donors (Lipinski definition) is 0. The van der Waals surface area contributed by atoms with E-state index in [1.807, 2.05) is 0 Å². The van der Waals surface area contributed by atoms with E-state index in [4.69, 9.17) is 15.9 Å². The van der Waals surface area contributed by atoms with Crippen molar-refractivity contribution in [1.82, 2.24) is 0 Å². The number of rotatable bonds is 1. The van der Waals surface area contributed by atoms with Crippen LogP contribution < -0.4 is 0 Å². The Morgan fingerprint density at radius 2 is 2.12 bits per heavy atom. The van der Waals surface area contributed by atoms with Crippen molar-refractivity contribution >= 4 is 41.2 Å². The first-order valence-electron chi connectivity index (χ1n) is 4.00. The van der Waals surface area contributed by atoms with E-state index in [0.717, 1.165) is 17.4 Å². The highest BCUT2D eigenvalue weighted by molar-refractivity contribution is 8.14. The van der Waals surface area contributed by atoms with Gasteiger partial charge in [0.25, 0.3) is 9.05 Å². The van der Waals surface area contributed by atoms with Crippen LogP contribution >= 0.6 is 22.0 Å². The Balaban J connectivity index is 2.97. The highest BCUT2D eigenvalue weighted by Gasteiger charge is 2.22. The molecule has 0 aliphatic carbocycles. The summed E-state index contributed by atoms with van der Waals surface area (Å²) in [5.41, 5.74) is 0. The van der Waals surface area contributed by atoms with Gasteiger partial charge in [-0.1, -0.05) is 0 Å². The molecular weight excluding hydrogens is 273 g/mol. The third kappa shape index (κ3) is 1.78. The molecule has 0 unspecified atom stereocenters. The van der Waals surface area contributed by atoms with Crippen molar-refractivity contribution in [2.45, 2.75) is 4.90 Å². The van der Waals surface area contributed by atoms with Gasteiger partial charge in [0.2, 0.25) is 0 Å². The van der Waals surface area contributed by atoms with Gasteiger partial charge in [-0.25, -0.2) is 12.8 Å². The molecule has 2 aromatic rings. The van der Waals surface area contributed by atoms with E-state index in [1.165, 1.54) is 12.1 Å². The monoisotopic (exact) mass is 275 g/mol. The molecule has 0 aliphatic heterocycles. The summed E-state index contributed by atoms with van der Waals surface area (Å²) in [6.45, 7) is 0. The van der Waals surface area contributed by atoms with Gasteiger partial charge in [0.05, 0.1) is 0 Å². The van der Waals surface area contributed by atoms with Crippen LogP contribution in [-0.2, 0) is 9.05 Å². The number of halogens is 2. The fourth-order valence-corrected chi connectivity index (χ4v) is 4.13. The fraction of sp³-hybridized carbons (Fsp3) is 0. The van der Waals surface area contributed by atoms with E-state index in [2.05, 4.69) is 0 Å². The van der Waals surface area contributed by atoms with Crippen molar-refractivity contribution in [2.75, 3.05) is 0 Å². The first-order valence-corrected chi connectivity index (χ1v) is 7.13. The van der Waals surface area contributed by atoms with Crippen molar-refractivity contribution < 1.29 is 12.8 Å². The molecule has 0 saturated carbocycles. The van der Waals surface area contributed by atoms with Gasteiger partial charge in [-0.3, -0.25) is 0 Å². The van der Waals surface area contributed by atoms with Crippen LogP contribution in [0.1, 0.15) is 4.88 Å². The van der Waals surface area contributed by atoms with Crippen molar-refractivity contribution in [2.24, 2.45) is 0 Å². The molecule has 3 nitrogen and oxygen atoms in total. The van der Waals surface area contributed by atoms with Gasteiger partial charge < -0.3 is 0 Å². The maximum Gasteiger partial charge on any atom is 0.264 e. The lowest BCUT2D eigenvalue weighted by molar-refractivity contribution is 0.610. The molecule has 2 rings (SSSR count). The van der Waals surface area contributed by atoms with Gasteiger partial charge in [-0.15, -0.1) is 11.3 Å². The number of nitriles is 1. The zero-order valence-corrected chi connectivity index (χ0v) is 9.96. The molecule has 0 spiro atoms. The molecule has 0 radical (unpaired) electrons. The predicted molar refractivity (Wildman–Crippen MR) is 59.5 cm³/mol. The Morgan fingerprint density at radius 3 is 2.69 bits per heavy atom. The van der Waals surface area contributed by atoms with Gasteiger partial charge in [0.15, 0.2) is 0 Å². The zero-order chi connectivity index (χ0) is 11.9. The summed E-state index contributed by atoms with van der Waals surface area (Å²) in [5.74, 6) is -0.489. The summed E-state index contributed by atoms with van der Waals surface area (Å²) in [5, 5.41) is 9.07. The number of fused-ring (bicyclic) bond motifs is 1. The molecule has 0 fully saturated rings. The van der Waals surface area contributed by atoms with Crippen molar-refractivity contribution in [1.29, 1.82) is 5.26 Å². The summed E-state index contributed by atoms with van der Waals surface area (Å²) in [6, 6.07) is 5.35. The first-order chi connectivity index (χ1) is 7.43. The van der Waals surface area contributed by atoms with E-state index in [0.29, 0.717) is 4.70 Å². The zero-order valence-electron chi connectivity index (χ0n) is 7.57. The van der Waals surface area contributed by atoms with Crippen LogP contribution in [0.15, 0.2) is 23.1 Å². The van der Waals surface area contributed by atoms with Crippen LogP contribution in [0.25, 0.3) is 10.1 Å². The smallest absolute Gasteiger partial charge is 0.207 e. The normalized spacial score (nSPS) is 11.6. The van der Waals surface area contributed by atoms with Crippen LogP contribution in [0.4, 0.5) is 4.39 Å². The summed E-state index contributed by atoms with van der Waals surface area (Å²) in [6.07, 6.45) is 0. The molecule has 0 bridgehead atoms. The summed E-state index contributed by atoms with van der Waals surface area (Å²) >= 11 is 0.900. The molecule has 0 saturated heterocycles. The third-order valence-corrected chi connectivity index (χ3v) is 4.51. The van der Waals surface area contributed by atoms with E-state index < -0.39 is 14.9 Å². The van der Waals surface area contributed by atoms with Crippen LogP contribution in [-0.4, -0.2) is 8.42 Å². The molecule has 16 heavy (non-hydrogen) atoms. The molecule has 1 aromatic heterocycles. The summed E-state index contributed by atoms with van der Waals surface area (Å²) in [7, 11) is 1.23. The number of thiophene rings is 1. The minimum atomic E-state index is -4.00. The van der Waals surface area contributed by atoms with Gasteiger partial charge in [-0.05, 0) is 18.2 Å². The Labute approximate surface area is 99.1 Å². The Kier molecular flexibility index (Phi) is 2.62. The Morgan fingerprint density at radius 1 is 1.44 bits per heavy atom. The first kappa shape index (κ1) is 11.3. The maximum absolute atomic E-state index is 12.9. The third-order valence-electron chi connectivity index (χ3n) is 1.95.